The average Bonchev–Trinajstić information content (AvgIpc) is 3.10. The summed E-state index contributed by atoms with van der Waals surface area (Å²) < 4.78 is 7.23. The average molecular weight is 406 g/mol. The van der Waals surface area contributed by atoms with E-state index in [-0.39, 0.29) is 17.9 Å². The van der Waals surface area contributed by atoms with Gasteiger partial charge in [-0.2, -0.15) is 0 Å². The molecule has 1 aliphatic carbocycles. The van der Waals surface area contributed by atoms with Crippen LogP contribution in [0.4, 0.5) is 4.79 Å². The summed E-state index contributed by atoms with van der Waals surface area (Å²) in [6.07, 6.45) is 5.70. The van der Waals surface area contributed by atoms with Crippen molar-refractivity contribution in [2.24, 2.45) is 5.92 Å². The molecule has 0 spiro atoms. The number of carboxylic acid groups (broad SMARTS) is 1. The lowest BCUT2D eigenvalue weighted by molar-refractivity contribution is -0.141. The van der Waals surface area contributed by atoms with E-state index in [9.17, 15) is 14.7 Å². The molecule has 1 saturated carbocycles. The fourth-order valence-corrected chi connectivity index (χ4v) is 4.23. The third-order valence-electron chi connectivity index (χ3n) is 6.17. The molecule has 3 aromatic rings. The van der Waals surface area contributed by atoms with Gasteiger partial charge in [0.15, 0.2) is 0 Å². The Hall–Kier alpha value is -3.42. The lowest BCUT2D eigenvalue weighted by Gasteiger charge is -2.38. The Morgan fingerprint density at radius 1 is 1.20 bits per heavy atom. The van der Waals surface area contributed by atoms with E-state index in [0.717, 1.165) is 35.9 Å². The van der Waals surface area contributed by atoms with Crippen LogP contribution in [-0.4, -0.2) is 42.6 Å². The molecule has 30 heavy (non-hydrogen) atoms. The maximum atomic E-state index is 12.8. The largest absolute Gasteiger partial charge is 0.464 e. The molecule has 3 heterocycles. The maximum absolute atomic E-state index is 12.8. The van der Waals surface area contributed by atoms with Crippen molar-refractivity contribution in [1.29, 1.82) is 0 Å². The quantitative estimate of drug-likeness (QED) is 0.710. The second-order valence-electron chi connectivity index (χ2n) is 8.04. The van der Waals surface area contributed by atoms with Gasteiger partial charge in [-0.15, -0.1) is 0 Å². The van der Waals surface area contributed by atoms with Crippen LogP contribution in [-0.2, 0) is 17.8 Å². The molecule has 154 valence electrons. The smallest absolute Gasteiger partial charge is 0.415 e. The van der Waals surface area contributed by atoms with E-state index < -0.39 is 6.09 Å². The number of hydrogen-bond donors (Lipinski definition) is 1. The van der Waals surface area contributed by atoms with Gasteiger partial charge in [0, 0.05) is 29.1 Å². The zero-order chi connectivity index (χ0) is 20.8. The molecule has 0 bridgehead atoms. The van der Waals surface area contributed by atoms with Crippen molar-refractivity contribution in [3.05, 3.63) is 48.0 Å². The third kappa shape index (κ3) is 3.08. The van der Waals surface area contributed by atoms with Crippen LogP contribution in [0.25, 0.3) is 10.9 Å². The van der Waals surface area contributed by atoms with E-state index in [4.69, 9.17) is 4.74 Å². The first kappa shape index (κ1) is 18.6. The van der Waals surface area contributed by atoms with Crippen molar-refractivity contribution in [2.75, 3.05) is 0 Å². The van der Waals surface area contributed by atoms with Gasteiger partial charge in [0.25, 0.3) is 0 Å². The summed E-state index contributed by atoms with van der Waals surface area (Å²) in [4.78, 5) is 34.7. The van der Waals surface area contributed by atoms with Gasteiger partial charge in [-0.25, -0.2) is 14.8 Å². The number of nitrogens with zero attached hydrogens (tertiary/aromatic N) is 4. The number of fused-ring (bicyclic) bond motifs is 2. The van der Waals surface area contributed by atoms with Gasteiger partial charge in [-0.1, -0.05) is 6.42 Å². The molecule has 1 N–H and O–H groups in total. The lowest BCUT2D eigenvalue weighted by Crippen LogP contribution is -2.47. The highest BCUT2D eigenvalue weighted by Gasteiger charge is 2.35. The van der Waals surface area contributed by atoms with Crippen LogP contribution in [0.1, 0.15) is 37.4 Å². The summed E-state index contributed by atoms with van der Waals surface area (Å²) in [7, 11) is 0. The molecule has 8 nitrogen and oxygen atoms in total. The molecule has 0 unspecified atom stereocenters. The third-order valence-corrected chi connectivity index (χ3v) is 6.17. The molecule has 1 amide bonds. The molecule has 1 fully saturated rings. The minimum absolute atomic E-state index is 0.0611. The molecular weight excluding hydrogens is 384 g/mol. The Labute approximate surface area is 173 Å². The first-order valence-corrected chi connectivity index (χ1v) is 10.2. The fraction of sp³-hybridized carbons (Fsp3) is 0.364. The SMILES string of the molecule is C[C@H]1Cc2c(ncnc2Oc2ccc3c(ccn3C(=O)O)c2)CN1C(=O)C1CCC1. The summed E-state index contributed by atoms with van der Waals surface area (Å²) in [5.41, 5.74) is 2.34. The van der Waals surface area contributed by atoms with Crippen LogP contribution >= 0.6 is 0 Å². The highest BCUT2D eigenvalue weighted by molar-refractivity contribution is 5.89. The zero-order valence-corrected chi connectivity index (χ0v) is 16.6. The van der Waals surface area contributed by atoms with Gasteiger partial charge in [0.05, 0.1) is 17.8 Å². The first-order chi connectivity index (χ1) is 14.5. The van der Waals surface area contributed by atoms with E-state index in [0.29, 0.717) is 30.1 Å². The van der Waals surface area contributed by atoms with Crippen molar-refractivity contribution >= 4 is 22.9 Å². The molecule has 1 atom stereocenters. The Balaban J connectivity index is 1.41. The first-order valence-electron chi connectivity index (χ1n) is 10.2. The van der Waals surface area contributed by atoms with Crippen LogP contribution in [0.3, 0.4) is 0 Å². The highest BCUT2D eigenvalue weighted by Crippen LogP contribution is 2.35. The molecule has 8 heteroatoms. The number of amides is 1. The molecule has 1 aromatic carbocycles. The normalized spacial score (nSPS) is 18.7. The minimum Gasteiger partial charge on any atom is -0.464 e. The minimum atomic E-state index is -1.03. The van der Waals surface area contributed by atoms with Gasteiger partial charge in [0.2, 0.25) is 11.8 Å². The number of benzene rings is 1. The maximum Gasteiger partial charge on any atom is 0.415 e. The molecule has 0 saturated heterocycles. The van der Waals surface area contributed by atoms with Crippen molar-refractivity contribution in [2.45, 2.75) is 45.2 Å². The Morgan fingerprint density at radius 2 is 2.03 bits per heavy atom. The highest BCUT2D eigenvalue weighted by atomic mass is 16.5. The number of aromatic nitrogens is 3. The van der Waals surface area contributed by atoms with Gasteiger partial charge in [-0.05, 0) is 50.5 Å². The van der Waals surface area contributed by atoms with Gasteiger partial charge < -0.3 is 14.7 Å². The van der Waals surface area contributed by atoms with Gasteiger partial charge >= 0.3 is 6.09 Å². The number of hydrogen-bond acceptors (Lipinski definition) is 5. The Kier molecular flexibility index (Phi) is 4.42. The zero-order valence-electron chi connectivity index (χ0n) is 16.6. The van der Waals surface area contributed by atoms with Crippen molar-refractivity contribution in [3.8, 4) is 11.6 Å². The van der Waals surface area contributed by atoms with E-state index in [1.54, 1.807) is 24.3 Å². The van der Waals surface area contributed by atoms with E-state index in [1.807, 2.05) is 4.90 Å². The predicted octanol–water partition coefficient (Wildman–Crippen LogP) is 3.82. The molecule has 2 aliphatic rings. The lowest BCUT2D eigenvalue weighted by atomic mass is 9.83. The Bertz CT molecular complexity index is 1150. The monoisotopic (exact) mass is 406 g/mol. The van der Waals surface area contributed by atoms with E-state index >= 15 is 0 Å². The van der Waals surface area contributed by atoms with Gasteiger partial charge in [0.1, 0.15) is 12.1 Å². The second-order valence-corrected chi connectivity index (χ2v) is 8.04. The van der Waals surface area contributed by atoms with Gasteiger partial charge in [-0.3, -0.25) is 9.36 Å². The second kappa shape index (κ2) is 7.12. The predicted molar refractivity (Wildman–Crippen MR) is 109 cm³/mol. The van der Waals surface area contributed by atoms with E-state index in [1.165, 1.54) is 17.1 Å². The molecular formula is C22H22N4O4. The van der Waals surface area contributed by atoms with Crippen LogP contribution in [0.2, 0.25) is 0 Å². The standard InChI is InChI=1S/C22H22N4O4/c1-13-9-17-18(11-26(13)21(27)14-3-2-4-14)23-12-24-20(17)30-16-5-6-19-15(10-16)7-8-25(19)22(28)29/h5-8,10,12-14H,2-4,9,11H2,1H3,(H,28,29)/t13-/m0/s1. The summed E-state index contributed by atoms with van der Waals surface area (Å²) in [6, 6.07) is 7.04. The topological polar surface area (TPSA) is 97.6 Å². The number of ether oxygens (including phenoxy) is 1. The van der Waals surface area contributed by atoms with Crippen molar-refractivity contribution in [3.63, 3.8) is 0 Å². The summed E-state index contributed by atoms with van der Waals surface area (Å²) in [5.74, 6) is 1.46. The van der Waals surface area contributed by atoms with Crippen LogP contribution in [0.15, 0.2) is 36.8 Å². The van der Waals surface area contributed by atoms with Crippen LogP contribution in [0.5, 0.6) is 11.6 Å². The molecule has 1 aliphatic heterocycles. The van der Waals surface area contributed by atoms with Crippen LogP contribution < -0.4 is 4.74 Å². The Morgan fingerprint density at radius 3 is 2.77 bits per heavy atom. The van der Waals surface area contributed by atoms with Crippen molar-refractivity contribution in [1.82, 2.24) is 19.4 Å². The summed E-state index contributed by atoms with van der Waals surface area (Å²) in [6.45, 7) is 2.53. The number of rotatable bonds is 3. The van der Waals surface area contributed by atoms with Crippen LogP contribution in [0, 0.1) is 5.92 Å². The molecule has 2 aromatic heterocycles. The molecule has 0 radical (unpaired) electrons. The summed E-state index contributed by atoms with van der Waals surface area (Å²) >= 11 is 0. The fourth-order valence-electron chi connectivity index (χ4n) is 4.23. The number of carbonyl (C=O) groups excluding carboxylic acids is 1. The van der Waals surface area contributed by atoms with E-state index in [2.05, 4.69) is 16.9 Å². The summed E-state index contributed by atoms with van der Waals surface area (Å²) in [5, 5.41) is 10.0. The molecule has 5 rings (SSSR count). The van der Waals surface area contributed by atoms with Crippen molar-refractivity contribution < 1.29 is 19.4 Å². The number of carbonyl (C=O) groups is 2.